The molecule has 0 atom stereocenters. The van der Waals surface area contributed by atoms with Gasteiger partial charge in [-0.05, 0) is 62.7 Å². The average Bonchev–Trinajstić information content (AvgIpc) is 2.66. The van der Waals surface area contributed by atoms with E-state index < -0.39 is 10.1 Å². The maximum absolute atomic E-state index is 12.8. The zero-order valence-electron chi connectivity index (χ0n) is 17.8. The summed E-state index contributed by atoms with van der Waals surface area (Å²) in [6.45, 7) is 6.52. The third-order valence-electron chi connectivity index (χ3n) is 4.12. The first-order chi connectivity index (χ1) is 14.1. The number of ether oxygens (including phenoxy) is 2. The average molecular weight is 437 g/mol. The minimum Gasteiger partial charge on any atom is -0.494 e. The molecule has 0 aliphatic heterocycles. The molecule has 0 spiro atoms. The van der Waals surface area contributed by atoms with E-state index in [1.807, 2.05) is 20.8 Å². The van der Waals surface area contributed by atoms with Crippen LogP contribution >= 0.6 is 0 Å². The van der Waals surface area contributed by atoms with E-state index in [1.54, 1.807) is 47.4 Å². The fourth-order valence-electron chi connectivity index (χ4n) is 2.73. The smallest absolute Gasteiger partial charge is 0.322 e. The Morgan fingerprint density at radius 3 is 2.30 bits per heavy atom. The minimum absolute atomic E-state index is 0.0770. The predicted octanol–water partition coefficient (Wildman–Crippen LogP) is 3.87. The van der Waals surface area contributed by atoms with E-state index in [1.165, 1.54) is 7.11 Å². The predicted molar refractivity (Wildman–Crippen MR) is 116 cm³/mol. The van der Waals surface area contributed by atoms with E-state index in [2.05, 4.69) is 5.32 Å². The van der Waals surface area contributed by atoms with Crippen molar-refractivity contribution in [2.75, 3.05) is 25.3 Å². The molecule has 0 saturated carbocycles. The van der Waals surface area contributed by atoms with Gasteiger partial charge in [0.2, 0.25) is 0 Å². The van der Waals surface area contributed by atoms with E-state index in [4.69, 9.17) is 13.7 Å². The molecule has 1 N–H and O–H groups in total. The summed E-state index contributed by atoms with van der Waals surface area (Å²) in [5.74, 6) is 1.10. The number of benzene rings is 2. The molecule has 164 valence electrons. The van der Waals surface area contributed by atoms with Gasteiger partial charge in [0.15, 0.2) is 11.5 Å². The van der Waals surface area contributed by atoms with Gasteiger partial charge in [0.1, 0.15) is 5.75 Å². The zero-order valence-corrected chi connectivity index (χ0v) is 18.7. The minimum atomic E-state index is -3.72. The molecule has 0 saturated heterocycles. The van der Waals surface area contributed by atoms with Crippen LogP contribution in [0.1, 0.15) is 26.3 Å². The van der Waals surface area contributed by atoms with Crippen LogP contribution in [-0.4, -0.2) is 45.4 Å². The van der Waals surface area contributed by atoms with Gasteiger partial charge < -0.3 is 23.9 Å². The van der Waals surface area contributed by atoms with Crippen molar-refractivity contribution in [3.05, 3.63) is 48.0 Å². The summed E-state index contributed by atoms with van der Waals surface area (Å²) in [4.78, 5) is 14.5. The van der Waals surface area contributed by atoms with Gasteiger partial charge in [0.05, 0.1) is 20.0 Å². The topological polar surface area (TPSA) is 94.2 Å². The molecule has 2 rings (SSSR count). The maximum Gasteiger partial charge on any atom is 0.322 e. The molecule has 0 aromatic heterocycles. The summed E-state index contributed by atoms with van der Waals surface area (Å²) in [5, 5.41) is 2.87. The second-order valence-corrected chi connectivity index (χ2v) is 8.46. The van der Waals surface area contributed by atoms with Gasteiger partial charge in [-0.3, -0.25) is 0 Å². The number of nitrogens with zero attached hydrogens (tertiary/aromatic N) is 1. The summed E-state index contributed by atoms with van der Waals surface area (Å²) in [5.41, 5.74) is 1.34. The molecule has 2 amide bonds. The number of amides is 2. The summed E-state index contributed by atoms with van der Waals surface area (Å²) in [7, 11) is -2.29. The number of carbonyl (C=O) groups excluding carboxylic acids is 1. The molecule has 0 aliphatic carbocycles. The number of rotatable bonds is 9. The first-order valence-electron chi connectivity index (χ1n) is 9.49. The lowest BCUT2D eigenvalue weighted by atomic mass is 10.1. The van der Waals surface area contributed by atoms with Crippen molar-refractivity contribution >= 4 is 21.8 Å². The van der Waals surface area contributed by atoms with E-state index >= 15 is 0 Å². The Kier molecular flexibility index (Phi) is 7.93. The van der Waals surface area contributed by atoms with Gasteiger partial charge in [-0.25, -0.2) is 4.79 Å². The lowest BCUT2D eigenvalue weighted by Crippen LogP contribution is -2.39. The van der Waals surface area contributed by atoms with E-state index in [0.29, 0.717) is 23.6 Å². The molecule has 8 nitrogen and oxygen atoms in total. The molecule has 0 heterocycles. The molecule has 30 heavy (non-hydrogen) atoms. The molecular formula is C21H28N2O6S. The highest BCUT2D eigenvalue weighted by Gasteiger charge is 2.19. The van der Waals surface area contributed by atoms with E-state index in [0.717, 1.165) is 12.0 Å². The van der Waals surface area contributed by atoms with Gasteiger partial charge in [-0.2, -0.15) is 8.42 Å². The van der Waals surface area contributed by atoms with Crippen LogP contribution in [0.2, 0.25) is 0 Å². The highest BCUT2D eigenvalue weighted by atomic mass is 32.2. The van der Waals surface area contributed by atoms with Crippen LogP contribution in [-0.2, 0) is 16.7 Å². The number of carbonyl (C=O) groups is 1. The lowest BCUT2D eigenvalue weighted by Gasteiger charge is -2.27. The summed E-state index contributed by atoms with van der Waals surface area (Å²) < 4.78 is 38.6. The molecular weight excluding hydrogens is 408 g/mol. The SMILES string of the molecule is CCOc1ccc(NC(=O)N(Cc2ccc(OC)c(OS(C)(=O)=O)c2)C(C)C)cc1. The Morgan fingerprint density at radius 1 is 1.10 bits per heavy atom. The van der Waals surface area contributed by atoms with Crippen LogP contribution in [0.15, 0.2) is 42.5 Å². The van der Waals surface area contributed by atoms with Crippen LogP contribution in [0.25, 0.3) is 0 Å². The van der Waals surface area contributed by atoms with Gasteiger partial charge in [0.25, 0.3) is 0 Å². The van der Waals surface area contributed by atoms with Gasteiger partial charge >= 0.3 is 16.1 Å². The number of methoxy groups -OCH3 is 1. The van der Waals surface area contributed by atoms with Gasteiger partial charge in [-0.1, -0.05) is 6.07 Å². The van der Waals surface area contributed by atoms with Crippen molar-refractivity contribution in [1.29, 1.82) is 0 Å². The van der Waals surface area contributed by atoms with E-state index in [9.17, 15) is 13.2 Å². The molecule has 0 fully saturated rings. The first kappa shape index (κ1) is 23.3. The van der Waals surface area contributed by atoms with Crippen LogP contribution in [0.3, 0.4) is 0 Å². The second-order valence-electron chi connectivity index (χ2n) is 6.88. The Morgan fingerprint density at radius 2 is 1.77 bits per heavy atom. The number of anilines is 1. The van der Waals surface area contributed by atoms with Crippen LogP contribution in [0.4, 0.5) is 10.5 Å². The van der Waals surface area contributed by atoms with Gasteiger partial charge in [-0.15, -0.1) is 0 Å². The third kappa shape index (κ3) is 6.84. The Hall–Kier alpha value is -2.94. The lowest BCUT2D eigenvalue weighted by molar-refractivity contribution is 0.193. The number of nitrogens with one attached hydrogen (secondary N) is 1. The Balaban J connectivity index is 2.18. The summed E-state index contributed by atoms with van der Waals surface area (Å²) >= 11 is 0. The Labute approximate surface area is 177 Å². The van der Waals surface area contributed by atoms with Crippen molar-refractivity contribution < 1.29 is 26.9 Å². The number of hydrogen-bond acceptors (Lipinski definition) is 6. The molecule has 0 bridgehead atoms. The first-order valence-corrected chi connectivity index (χ1v) is 11.3. The molecule has 9 heteroatoms. The van der Waals surface area contributed by atoms with Crippen LogP contribution in [0, 0.1) is 0 Å². The quantitative estimate of drug-likeness (QED) is 0.600. The third-order valence-corrected chi connectivity index (χ3v) is 4.61. The van der Waals surface area contributed by atoms with Crippen LogP contribution in [0.5, 0.6) is 17.2 Å². The van der Waals surface area contributed by atoms with Crippen LogP contribution < -0.4 is 19.0 Å². The molecule has 2 aromatic carbocycles. The van der Waals surface area contributed by atoms with Crippen molar-refractivity contribution in [2.24, 2.45) is 0 Å². The fourth-order valence-corrected chi connectivity index (χ4v) is 3.19. The highest BCUT2D eigenvalue weighted by molar-refractivity contribution is 7.86. The highest BCUT2D eigenvalue weighted by Crippen LogP contribution is 2.30. The molecule has 0 radical (unpaired) electrons. The molecule has 0 unspecified atom stereocenters. The van der Waals surface area contributed by atoms with Crippen molar-refractivity contribution in [2.45, 2.75) is 33.4 Å². The summed E-state index contributed by atoms with van der Waals surface area (Å²) in [6, 6.07) is 11.7. The van der Waals surface area contributed by atoms with Crippen molar-refractivity contribution in [3.8, 4) is 17.2 Å². The molecule has 0 aliphatic rings. The number of hydrogen-bond donors (Lipinski definition) is 1. The largest absolute Gasteiger partial charge is 0.494 e. The van der Waals surface area contributed by atoms with Crippen molar-refractivity contribution in [1.82, 2.24) is 4.90 Å². The standard InChI is InChI=1S/C21H28N2O6S/c1-6-28-18-10-8-17(9-11-18)22-21(24)23(15(2)3)14-16-7-12-19(27-4)20(13-16)29-30(5,25)26/h7-13,15H,6,14H2,1-5H3,(H,22,24). The normalized spacial score (nSPS) is 11.1. The fraction of sp³-hybridized carbons (Fsp3) is 0.381. The van der Waals surface area contributed by atoms with Crippen molar-refractivity contribution in [3.63, 3.8) is 0 Å². The molecule has 2 aromatic rings. The van der Waals surface area contributed by atoms with Gasteiger partial charge in [0, 0.05) is 18.3 Å². The second kappa shape index (κ2) is 10.2. The monoisotopic (exact) mass is 436 g/mol. The van der Waals surface area contributed by atoms with E-state index in [-0.39, 0.29) is 24.4 Å². The maximum atomic E-state index is 12.8. The zero-order chi connectivity index (χ0) is 22.3. The number of urea groups is 1. The Bertz CT molecular complexity index is 958. The summed E-state index contributed by atoms with van der Waals surface area (Å²) in [6.07, 6.45) is 0.962.